The Morgan fingerprint density at radius 1 is 1.00 bits per heavy atom. The zero-order valence-electron chi connectivity index (χ0n) is 6.33. The minimum atomic E-state index is 0.146. The molecule has 0 saturated heterocycles. The van der Waals surface area contributed by atoms with Crippen molar-refractivity contribution in [2.24, 2.45) is 0 Å². The molecule has 0 N–H and O–H groups in total. The molecular weight excluding hydrogens is 141 g/mol. The summed E-state index contributed by atoms with van der Waals surface area (Å²) >= 11 is 0. The molecular formula is C7HB4N. The minimum absolute atomic E-state index is 0.146. The van der Waals surface area contributed by atoms with Gasteiger partial charge in [-0.05, 0) is 0 Å². The second kappa shape index (κ2) is 3.15. The van der Waals surface area contributed by atoms with Crippen LogP contribution in [0.15, 0.2) is 6.07 Å². The van der Waals surface area contributed by atoms with Crippen molar-refractivity contribution in [3.8, 4) is 6.07 Å². The largest absolute Gasteiger partial charge is 0.192 e. The van der Waals surface area contributed by atoms with Crippen LogP contribution in [0.3, 0.4) is 0 Å². The number of hydrogen-bond acceptors (Lipinski definition) is 1. The summed E-state index contributed by atoms with van der Waals surface area (Å²) in [5.74, 6) is 0. The molecule has 12 heavy (non-hydrogen) atoms. The van der Waals surface area contributed by atoms with E-state index in [-0.39, 0.29) is 27.4 Å². The second-order valence-corrected chi connectivity index (χ2v) is 2.37. The van der Waals surface area contributed by atoms with Crippen molar-refractivity contribution >= 4 is 53.2 Å². The highest BCUT2D eigenvalue weighted by Gasteiger charge is 2.04. The monoisotopic (exact) mass is 143 g/mol. The zero-order chi connectivity index (χ0) is 9.30. The molecule has 0 fully saturated rings. The molecule has 1 aromatic rings. The maximum atomic E-state index is 8.63. The third-order valence-corrected chi connectivity index (χ3v) is 1.58. The number of hydrogen-bond donors (Lipinski definition) is 0. The molecule has 0 unspecified atom stereocenters. The third-order valence-electron chi connectivity index (χ3n) is 1.58. The van der Waals surface area contributed by atoms with E-state index in [2.05, 4.69) is 0 Å². The van der Waals surface area contributed by atoms with E-state index in [0.29, 0.717) is 0 Å². The van der Waals surface area contributed by atoms with Gasteiger partial charge in [0.15, 0.2) is 0 Å². The Bertz CT molecular complexity index is 340. The molecule has 1 aromatic carbocycles. The van der Waals surface area contributed by atoms with Gasteiger partial charge in [-0.25, -0.2) is 0 Å². The van der Waals surface area contributed by atoms with Crippen LogP contribution in [0.25, 0.3) is 0 Å². The summed E-state index contributed by atoms with van der Waals surface area (Å²) in [7, 11) is 21.9. The van der Waals surface area contributed by atoms with Gasteiger partial charge < -0.3 is 0 Å². The first-order chi connectivity index (χ1) is 5.57. The lowest BCUT2D eigenvalue weighted by Gasteiger charge is -2.10. The van der Waals surface area contributed by atoms with Gasteiger partial charge in [-0.15, -0.1) is 10.9 Å². The SMILES string of the molecule is [B]c1cc([B])c([B])c(C#N)c1[B]. The van der Waals surface area contributed by atoms with Crippen molar-refractivity contribution in [3.05, 3.63) is 11.6 Å². The van der Waals surface area contributed by atoms with Crippen LogP contribution in [0.1, 0.15) is 5.56 Å². The second-order valence-electron chi connectivity index (χ2n) is 2.37. The molecule has 8 radical (unpaired) electrons. The highest BCUT2D eigenvalue weighted by atomic mass is 14.2. The van der Waals surface area contributed by atoms with Crippen molar-refractivity contribution < 1.29 is 0 Å². The zero-order valence-corrected chi connectivity index (χ0v) is 6.33. The van der Waals surface area contributed by atoms with E-state index >= 15 is 0 Å². The van der Waals surface area contributed by atoms with Gasteiger partial charge in [0.25, 0.3) is 0 Å². The van der Waals surface area contributed by atoms with Crippen LogP contribution in [-0.2, 0) is 0 Å². The molecule has 0 atom stereocenters. The lowest BCUT2D eigenvalue weighted by molar-refractivity contribution is 1.52. The summed E-state index contributed by atoms with van der Waals surface area (Å²) in [5.41, 5.74) is 1.07. The van der Waals surface area contributed by atoms with Crippen LogP contribution in [0, 0.1) is 11.3 Å². The van der Waals surface area contributed by atoms with Gasteiger partial charge in [0.2, 0.25) is 0 Å². The van der Waals surface area contributed by atoms with Crippen molar-refractivity contribution in [1.82, 2.24) is 0 Å². The molecule has 0 aromatic heterocycles. The molecule has 0 heterocycles. The first-order valence-electron chi connectivity index (χ1n) is 3.21. The predicted octanol–water partition coefficient (Wildman–Crippen LogP) is -3.27. The molecule has 0 aliphatic carbocycles. The average molecular weight is 142 g/mol. The number of benzene rings is 1. The molecule has 0 spiro atoms. The quantitative estimate of drug-likeness (QED) is 0.349. The minimum Gasteiger partial charge on any atom is -0.192 e. The van der Waals surface area contributed by atoms with Crippen LogP contribution in [0.4, 0.5) is 0 Å². The van der Waals surface area contributed by atoms with Crippen molar-refractivity contribution in [3.63, 3.8) is 0 Å². The molecule has 1 rings (SSSR count). The first-order valence-corrected chi connectivity index (χ1v) is 3.21. The smallest absolute Gasteiger partial charge is 0.114 e. The summed E-state index contributed by atoms with van der Waals surface area (Å²) in [6, 6.07) is 3.27. The van der Waals surface area contributed by atoms with E-state index in [1.165, 1.54) is 6.07 Å². The van der Waals surface area contributed by atoms with E-state index in [4.69, 9.17) is 36.6 Å². The number of rotatable bonds is 0. The van der Waals surface area contributed by atoms with E-state index in [0.717, 1.165) is 0 Å². The normalized spacial score (nSPS) is 9.25. The van der Waals surface area contributed by atoms with E-state index in [1.54, 1.807) is 0 Å². The van der Waals surface area contributed by atoms with E-state index in [1.807, 2.05) is 6.07 Å². The molecule has 0 aliphatic rings. The van der Waals surface area contributed by atoms with Gasteiger partial charge in [-0.3, -0.25) is 0 Å². The van der Waals surface area contributed by atoms with Crippen LogP contribution in [0.2, 0.25) is 0 Å². The summed E-state index contributed by atoms with van der Waals surface area (Å²) in [6.45, 7) is 0. The van der Waals surface area contributed by atoms with Gasteiger partial charge in [0.1, 0.15) is 31.4 Å². The Hall–Kier alpha value is -1.03. The highest BCUT2D eigenvalue weighted by molar-refractivity contribution is 6.57. The van der Waals surface area contributed by atoms with Crippen LogP contribution >= 0.6 is 0 Å². The fourth-order valence-electron chi connectivity index (χ4n) is 0.877. The first kappa shape index (κ1) is 9.06. The fourth-order valence-corrected chi connectivity index (χ4v) is 0.877. The van der Waals surface area contributed by atoms with Crippen LogP contribution in [-0.4, -0.2) is 31.4 Å². The van der Waals surface area contributed by atoms with Gasteiger partial charge >= 0.3 is 0 Å². The van der Waals surface area contributed by atoms with Crippen molar-refractivity contribution in [2.75, 3.05) is 0 Å². The van der Waals surface area contributed by atoms with Crippen LogP contribution in [0.5, 0.6) is 0 Å². The lowest BCUT2D eigenvalue weighted by atomic mass is 9.68. The Balaban J connectivity index is 3.56. The summed E-state index contributed by atoms with van der Waals surface area (Å²) < 4.78 is 0. The highest BCUT2D eigenvalue weighted by Crippen LogP contribution is 1.81. The van der Waals surface area contributed by atoms with Crippen LogP contribution < -0.4 is 21.9 Å². The Labute approximate surface area is 76.8 Å². The van der Waals surface area contributed by atoms with Gasteiger partial charge in [-0.1, -0.05) is 17.0 Å². The topological polar surface area (TPSA) is 23.8 Å². The Kier molecular flexibility index (Phi) is 2.37. The summed E-state index contributed by atoms with van der Waals surface area (Å²) in [5, 5.41) is 8.63. The molecule has 0 bridgehead atoms. The standard InChI is InChI=1S/C7HB4N/c8-4-1-5(9)7(11)3(2-12)6(4)10/h1H. The number of nitriles is 1. The molecule has 46 valence electrons. The Morgan fingerprint density at radius 3 is 1.75 bits per heavy atom. The lowest BCUT2D eigenvalue weighted by Crippen LogP contribution is -2.42. The van der Waals surface area contributed by atoms with Crippen molar-refractivity contribution in [2.45, 2.75) is 0 Å². The molecule has 5 heteroatoms. The van der Waals surface area contributed by atoms with Gasteiger partial charge in [-0.2, -0.15) is 5.26 Å². The summed E-state index contributed by atoms with van der Waals surface area (Å²) in [6.07, 6.45) is 0. The van der Waals surface area contributed by atoms with Crippen molar-refractivity contribution in [1.29, 1.82) is 5.26 Å². The van der Waals surface area contributed by atoms with E-state index in [9.17, 15) is 0 Å². The fraction of sp³-hybridized carbons (Fsp3) is 0. The predicted molar refractivity (Wildman–Crippen MR) is 52.7 cm³/mol. The summed E-state index contributed by atoms with van der Waals surface area (Å²) in [4.78, 5) is 0. The van der Waals surface area contributed by atoms with Gasteiger partial charge in [0, 0.05) is 5.56 Å². The maximum absolute atomic E-state index is 8.63. The van der Waals surface area contributed by atoms with Gasteiger partial charge in [0.05, 0.1) is 6.07 Å². The molecule has 1 nitrogen and oxygen atoms in total. The number of nitrogens with zero attached hydrogens (tertiary/aromatic N) is 1. The average Bonchev–Trinajstić information content (AvgIpc) is 2.02. The van der Waals surface area contributed by atoms with E-state index < -0.39 is 0 Å². The molecule has 0 saturated carbocycles. The molecule has 0 amide bonds. The molecule has 0 aliphatic heterocycles. The maximum Gasteiger partial charge on any atom is 0.114 e. The Morgan fingerprint density at radius 2 is 1.42 bits per heavy atom. The third kappa shape index (κ3) is 1.30.